The van der Waals surface area contributed by atoms with Crippen LogP contribution in [0.2, 0.25) is 0 Å². The first-order valence-electron chi connectivity index (χ1n) is 10.1. The van der Waals surface area contributed by atoms with Gasteiger partial charge in [0.2, 0.25) is 0 Å². The first-order valence-corrected chi connectivity index (χ1v) is 11.6. The second-order valence-corrected chi connectivity index (χ2v) is 9.90. The number of halogens is 1. The lowest BCUT2D eigenvalue weighted by atomic mass is 9.98. The number of hydrogen-bond donors (Lipinski definition) is 1. The maximum Gasteiger partial charge on any atom is 0.265 e. The van der Waals surface area contributed by atoms with Crippen LogP contribution in [0.5, 0.6) is 5.75 Å². The predicted octanol–water partition coefficient (Wildman–Crippen LogP) is 2.51. The topological polar surface area (TPSA) is 107 Å². The zero-order valence-corrected chi connectivity index (χ0v) is 19.0. The number of aromatic nitrogens is 5. The van der Waals surface area contributed by atoms with Crippen LogP contribution in [0.15, 0.2) is 53.9 Å². The van der Waals surface area contributed by atoms with Gasteiger partial charge in [0.05, 0.1) is 44.3 Å². The summed E-state index contributed by atoms with van der Waals surface area (Å²) in [4.78, 5) is 6.11. The molecular formula is C21H22FN7O3S. The normalized spacial score (nSPS) is 15.5. The van der Waals surface area contributed by atoms with Crippen molar-refractivity contribution >= 4 is 32.3 Å². The number of benzene rings is 1. The van der Waals surface area contributed by atoms with Gasteiger partial charge in [0.25, 0.3) is 10.0 Å². The van der Waals surface area contributed by atoms with Crippen LogP contribution in [0.25, 0.3) is 16.7 Å². The molecule has 0 spiro atoms. The van der Waals surface area contributed by atoms with E-state index in [0.717, 1.165) is 11.1 Å². The van der Waals surface area contributed by atoms with Crippen LogP contribution >= 0.6 is 0 Å². The number of nitrogens with zero attached hydrogens (tertiary/aromatic N) is 6. The van der Waals surface area contributed by atoms with Crippen molar-refractivity contribution in [2.24, 2.45) is 7.05 Å². The van der Waals surface area contributed by atoms with E-state index in [0.29, 0.717) is 30.2 Å². The Morgan fingerprint density at radius 2 is 1.97 bits per heavy atom. The summed E-state index contributed by atoms with van der Waals surface area (Å²) in [6.07, 6.45) is 5.85. The van der Waals surface area contributed by atoms with Crippen molar-refractivity contribution in [1.29, 1.82) is 0 Å². The lowest BCUT2D eigenvalue weighted by Crippen LogP contribution is -2.57. The molecule has 12 heteroatoms. The van der Waals surface area contributed by atoms with Crippen LogP contribution in [0.3, 0.4) is 0 Å². The van der Waals surface area contributed by atoms with Crippen LogP contribution in [0, 0.1) is 0 Å². The molecule has 1 fully saturated rings. The van der Waals surface area contributed by atoms with Gasteiger partial charge in [-0.1, -0.05) is 0 Å². The molecule has 5 rings (SSSR count). The number of nitrogens with one attached hydrogen (secondary N) is 1. The van der Waals surface area contributed by atoms with Gasteiger partial charge in [-0.3, -0.25) is 9.40 Å². The molecule has 0 unspecified atom stereocenters. The van der Waals surface area contributed by atoms with Gasteiger partial charge in [-0.2, -0.15) is 10.2 Å². The Kier molecular flexibility index (Phi) is 4.78. The Balaban J connectivity index is 1.45. The molecule has 0 radical (unpaired) electrons. The van der Waals surface area contributed by atoms with Crippen LogP contribution in [0.1, 0.15) is 6.92 Å². The number of hydrogen-bond acceptors (Lipinski definition) is 7. The number of ether oxygens (including phenoxy) is 1. The van der Waals surface area contributed by atoms with Gasteiger partial charge in [0.1, 0.15) is 22.0 Å². The summed E-state index contributed by atoms with van der Waals surface area (Å²) in [5.41, 5.74) is 0.463. The average molecular weight is 472 g/mol. The fraction of sp³-hybridized carbons (Fsp3) is 0.286. The molecule has 4 heterocycles. The highest BCUT2D eigenvalue weighted by atomic mass is 32.2. The second-order valence-electron chi connectivity index (χ2n) is 8.22. The molecule has 3 aromatic heterocycles. The summed E-state index contributed by atoms with van der Waals surface area (Å²) < 4.78 is 51.1. The third-order valence-electron chi connectivity index (χ3n) is 5.56. The molecule has 0 atom stereocenters. The van der Waals surface area contributed by atoms with E-state index >= 15 is 0 Å². The van der Waals surface area contributed by atoms with Crippen molar-refractivity contribution in [3.63, 3.8) is 0 Å². The number of alkyl halides is 1. The van der Waals surface area contributed by atoms with Gasteiger partial charge in [0, 0.05) is 30.4 Å². The number of methoxy groups -OCH3 is 1. The minimum absolute atomic E-state index is 0.0452. The van der Waals surface area contributed by atoms with E-state index in [1.165, 1.54) is 24.2 Å². The monoisotopic (exact) mass is 471 g/mol. The maximum atomic E-state index is 13.9. The third-order valence-corrected chi connectivity index (χ3v) is 6.86. The molecule has 1 N–H and O–H groups in total. The van der Waals surface area contributed by atoms with Crippen molar-refractivity contribution in [2.45, 2.75) is 17.5 Å². The molecule has 33 heavy (non-hydrogen) atoms. The molecule has 1 aromatic carbocycles. The number of sulfonamides is 1. The molecule has 0 amide bonds. The Morgan fingerprint density at radius 1 is 1.18 bits per heavy atom. The fourth-order valence-electron chi connectivity index (χ4n) is 3.94. The Hall–Kier alpha value is -3.67. The number of anilines is 2. The average Bonchev–Trinajstić information content (AvgIpc) is 3.40. The number of rotatable bonds is 6. The molecule has 1 aliphatic heterocycles. The molecule has 4 aromatic rings. The Labute approximate surface area is 189 Å². The molecule has 10 nitrogen and oxygen atoms in total. The van der Waals surface area contributed by atoms with Crippen molar-refractivity contribution in [3.8, 4) is 11.6 Å². The highest BCUT2D eigenvalue weighted by Gasteiger charge is 2.39. The highest BCUT2D eigenvalue weighted by molar-refractivity contribution is 7.92. The Bertz CT molecular complexity index is 1450. The SMILES string of the molecule is COc1ccc2cnn(C)c2c1NS(=O)(=O)c1cnn(-c2cc(N3CC(C)(F)C3)ccn2)c1. The molecule has 0 aliphatic carbocycles. The van der Waals surface area contributed by atoms with Gasteiger partial charge in [-0.25, -0.2) is 22.5 Å². The van der Waals surface area contributed by atoms with E-state index in [1.807, 2.05) is 4.90 Å². The molecule has 1 aliphatic rings. The van der Waals surface area contributed by atoms with Gasteiger partial charge in [-0.15, -0.1) is 0 Å². The van der Waals surface area contributed by atoms with Crippen molar-refractivity contribution < 1.29 is 17.5 Å². The summed E-state index contributed by atoms with van der Waals surface area (Å²) in [6.45, 7) is 2.14. The van der Waals surface area contributed by atoms with Gasteiger partial charge in [0.15, 0.2) is 5.82 Å². The van der Waals surface area contributed by atoms with E-state index < -0.39 is 15.7 Å². The lowest BCUT2D eigenvalue weighted by molar-refractivity contribution is 0.144. The number of pyridine rings is 1. The van der Waals surface area contributed by atoms with Crippen LogP contribution < -0.4 is 14.4 Å². The minimum Gasteiger partial charge on any atom is -0.494 e. The van der Waals surface area contributed by atoms with Gasteiger partial charge >= 0.3 is 0 Å². The lowest BCUT2D eigenvalue weighted by Gasteiger charge is -2.43. The van der Waals surface area contributed by atoms with Crippen LogP contribution in [0.4, 0.5) is 15.8 Å². The predicted molar refractivity (Wildman–Crippen MR) is 121 cm³/mol. The summed E-state index contributed by atoms with van der Waals surface area (Å²) in [6, 6.07) is 7.01. The molecular weight excluding hydrogens is 449 g/mol. The molecule has 0 saturated carbocycles. The zero-order chi connectivity index (χ0) is 23.4. The number of aryl methyl sites for hydroxylation is 1. The van der Waals surface area contributed by atoms with Crippen LogP contribution in [-0.4, -0.2) is 58.8 Å². The largest absolute Gasteiger partial charge is 0.494 e. The first kappa shape index (κ1) is 21.2. The van der Waals surface area contributed by atoms with Gasteiger partial charge in [-0.05, 0) is 25.1 Å². The third kappa shape index (κ3) is 3.75. The first-order chi connectivity index (χ1) is 15.7. The smallest absolute Gasteiger partial charge is 0.265 e. The summed E-state index contributed by atoms with van der Waals surface area (Å²) in [5.74, 6) is 0.790. The number of fused-ring (bicyclic) bond motifs is 1. The summed E-state index contributed by atoms with van der Waals surface area (Å²) >= 11 is 0. The van der Waals surface area contributed by atoms with Crippen molar-refractivity contribution in [1.82, 2.24) is 24.5 Å². The summed E-state index contributed by atoms with van der Waals surface area (Å²) in [7, 11) is -0.807. The molecule has 172 valence electrons. The van der Waals surface area contributed by atoms with E-state index in [1.54, 1.807) is 55.3 Å². The summed E-state index contributed by atoms with van der Waals surface area (Å²) in [5, 5.41) is 9.14. The van der Waals surface area contributed by atoms with E-state index in [2.05, 4.69) is 19.9 Å². The van der Waals surface area contributed by atoms with E-state index in [-0.39, 0.29) is 10.6 Å². The highest BCUT2D eigenvalue weighted by Crippen LogP contribution is 2.35. The van der Waals surface area contributed by atoms with Crippen molar-refractivity contribution in [3.05, 3.63) is 49.1 Å². The maximum absolute atomic E-state index is 13.9. The molecule has 1 saturated heterocycles. The Morgan fingerprint density at radius 3 is 2.70 bits per heavy atom. The fourth-order valence-corrected chi connectivity index (χ4v) is 4.95. The van der Waals surface area contributed by atoms with Gasteiger partial charge < -0.3 is 9.64 Å². The minimum atomic E-state index is -4.00. The quantitative estimate of drug-likeness (QED) is 0.460. The molecule has 0 bridgehead atoms. The van der Waals surface area contributed by atoms with E-state index in [4.69, 9.17) is 4.74 Å². The van der Waals surface area contributed by atoms with E-state index in [9.17, 15) is 12.8 Å². The second kappa shape index (κ2) is 7.44. The standard InChI is InChI=1S/C21H22FN7O3S/c1-21(22)12-28(13-21)15-6-7-23-18(8-15)29-11-16(10-25-29)33(30,31)26-19-17(32-3)5-4-14-9-24-27(2)20(14)19/h4-11,26H,12-13H2,1-3H3. The van der Waals surface area contributed by atoms with Crippen LogP contribution in [-0.2, 0) is 17.1 Å². The zero-order valence-electron chi connectivity index (χ0n) is 18.2. The van der Waals surface area contributed by atoms with Crippen molar-refractivity contribution in [2.75, 3.05) is 29.8 Å².